The minimum Gasteiger partial charge on any atom is -0.497 e. The van der Waals surface area contributed by atoms with Gasteiger partial charge in [-0.05, 0) is 42.3 Å². The van der Waals surface area contributed by atoms with Crippen LogP contribution in [-0.2, 0) is 9.59 Å². The molecule has 2 aromatic carbocycles. The van der Waals surface area contributed by atoms with Crippen LogP contribution < -0.4 is 9.47 Å². The number of carbonyl (C=O) groups excluding carboxylic acids is 1. The molecule has 1 N–H and O–H groups in total. The van der Waals surface area contributed by atoms with Crippen LogP contribution in [0, 0.1) is 0 Å². The quantitative estimate of drug-likeness (QED) is 0.736. The second kappa shape index (κ2) is 9.23. The lowest BCUT2D eigenvalue weighted by Crippen LogP contribution is -2.27. The van der Waals surface area contributed by atoms with Crippen molar-refractivity contribution in [1.29, 1.82) is 0 Å². The van der Waals surface area contributed by atoms with E-state index in [1.54, 1.807) is 14.2 Å². The molecule has 2 aromatic rings. The number of carboxylic acid groups (broad SMARTS) is 1. The molecular formula is C22H24N2O5. The van der Waals surface area contributed by atoms with Gasteiger partial charge in [-0.3, -0.25) is 9.59 Å². The Hall–Kier alpha value is -3.35. The number of hydrogen-bond acceptors (Lipinski definition) is 5. The summed E-state index contributed by atoms with van der Waals surface area (Å²) in [6.07, 6.45) is 0.888. The van der Waals surface area contributed by atoms with Gasteiger partial charge >= 0.3 is 5.97 Å². The van der Waals surface area contributed by atoms with Crippen molar-refractivity contribution in [2.75, 3.05) is 14.2 Å². The normalized spacial score (nSPS) is 15.7. The van der Waals surface area contributed by atoms with Crippen molar-refractivity contribution < 1.29 is 24.2 Å². The van der Waals surface area contributed by atoms with E-state index in [0.29, 0.717) is 12.2 Å². The number of ether oxygens (including phenoxy) is 2. The van der Waals surface area contributed by atoms with Crippen molar-refractivity contribution in [2.45, 2.75) is 31.7 Å². The highest BCUT2D eigenvalue weighted by atomic mass is 16.5. The third-order valence-electron chi connectivity index (χ3n) is 4.87. The van der Waals surface area contributed by atoms with E-state index in [2.05, 4.69) is 5.10 Å². The molecular weight excluding hydrogens is 372 g/mol. The van der Waals surface area contributed by atoms with Gasteiger partial charge in [-0.15, -0.1) is 0 Å². The van der Waals surface area contributed by atoms with Crippen LogP contribution in [0.4, 0.5) is 0 Å². The van der Waals surface area contributed by atoms with Crippen LogP contribution in [0.2, 0.25) is 0 Å². The van der Waals surface area contributed by atoms with Gasteiger partial charge in [-0.1, -0.05) is 18.2 Å². The number of methoxy groups -OCH3 is 2. The minimum absolute atomic E-state index is 0.0477. The highest BCUT2D eigenvalue weighted by Crippen LogP contribution is 2.38. The molecule has 0 bridgehead atoms. The fourth-order valence-electron chi connectivity index (χ4n) is 3.39. The molecule has 3 rings (SSSR count). The lowest BCUT2D eigenvalue weighted by atomic mass is 9.97. The molecule has 29 heavy (non-hydrogen) atoms. The topological polar surface area (TPSA) is 88.4 Å². The maximum absolute atomic E-state index is 12.9. The summed E-state index contributed by atoms with van der Waals surface area (Å²) in [7, 11) is 3.20. The van der Waals surface area contributed by atoms with Gasteiger partial charge in [-0.25, -0.2) is 5.01 Å². The Balaban J connectivity index is 1.89. The fourth-order valence-corrected chi connectivity index (χ4v) is 3.39. The standard InChI is InChI=1S/C22H24N2O5/c1-28-16-12-10-15(11-13-16)18-14-19(17-6-3-4-7-20(17)29-2)24(23-18)21(25)8-5-9-22(26)27/h3-4,6-7,10-13,19H,5,8-9,14H2,1-2H3,(H,26,27). The molecule has 1 heterocycles. The lowest BCUT2D eigenvalue weighted by molar-refractivity contribution is -0.137. The van der Waals surface area contributed by atoms with Crippen LogP contribution in [0.15, 0.2) is 53.6 Å². The lowest BCUT2D eigenvalue weighted by Gasteiger charge is -2.23. The van der Waals surface area contributed by atoms with Crippen LogP contribution in [0.25, 0.3) is 0 Å². The number of carboxylic acids is 1. The van der Waals surface area contributed by atoms with Crippen molar-refractivity contribution in [2.24, 2.45) is 5.10 Å². The third-order valence-corrected chi connectivity index (χ3v) is 4.87. The predicted octanol–water partition coefficient (Wildman–Crippen LogP) is 3.64. The zero-order valence-electron chi connectivity index (χ0n) is 16.5. The number of aliphatic carboxylic acids is 1. The second-order valence-electron chi connectivity index (χ2n) is 6.72. The van der Waals surface area contributed by atoms with E-state index in [4.69, 9.17) is 14.6 Å². The molecule has 0 aliphatic carbocycles. The number of nitrogens with zero attached hydrogens (tertiary/aromatic N) is 2. The Morgan fingerprint density at radius 1 is 1.07 bits per heavy atom. The van der Waals surface area contributed by atoms with E-state index >= 15 is 0 Å². The van der Waals surface area contributed by atoms with Gasteiger partial charge in [0.15, 0.2) is 0 Å². The Kier molecular flexibility index (Phi) is 6.49. The van der Waals surface area contributed by atoms with Gasteiger partial charge in [0, 0.05) is 24.8 Å². The average Bonchev–Trinajstić information content (AvgIpc) is 3.18. The van der Waals surface area contributed by atoms with E-state index in [1.807, 2.05) is 48.5 Å². The largest absolute Gasteiger partial charge is 0.497 e. The fraction of sp³-hybridized carbons (Fsp3) is 0.318. The number of hydrogen-bond donors (Lipinski definition) is 1. The van der Waals surface area contributed by atoms with E-state index < -0.39 is 5.97 Å². The summed E-state index contributed by atoms with van der Waals surface area (Å²) < 4.78 is 10.7. The molecule has 7 nitrogen and oxygen atoms in total. The van der Waals surface area contributed by atoms with Crippen molar-refractivity contribution >= 4 is 17.6 Å². The molecule has 0 fully saturated rings. The highest BCUT2D eigenvalue weighted by molar-refractivity contribution is 6.03. The first-order valence-electron chi connectivity index (χ1n) is 9.42. The van der Waals surface area contributed by atoms with Gasteiger partial charge in [0.2, 0.25) is 5.91 Å². The average molecular weight is 396 g/mol. The Morgan fingerprint density at radius 2 is 1.79 bits per heavy atom. The van der Waals surface area contributed by atoms with Crippen molar-refractivity contribution in [1.82, 2.24) is 5.01 Å². The Bertz CT molecular complexity index is 908. The van der Waals surface area contributed by atoms with E-state index in [0.717, 1.165) is 22.6 Å². The summed E-state index contributed by atoms with van der Waals surface area (Å²) in [4.78, 5) is 23.6. The summed E-state index contributed by atoms with van der Waals surface area (Å²) in [6, 6.07) is 14.8. The first kappa shape index (κ1) is 20.4. The maximum Gasteiger partial charge on any atom is 0.303 e. The molecule has 1 unspecified atom stereocenters. The summed E-state index contributed by atoms with van der Waals surface area (Å²) in [5.74, 6) is 0.316. The van der Waals surface area contributed by atoms with Gasteiger partial charge in [-0.2, -0.15) is 5.10 Å². The van der Waals surface area contributed by atoms with E-state index in [9.17, 15) is 9.59 Å². The highest BCUT2D eigenvalue weighted by Gasteiger charge is 2.34. The molecule has 152 valence electrons. The molecule has 0 spiro atoms. The zero-order valence-corrected chi connectivity index (χ0v) is 16.5. The molecule has 0 aromatic heterocycles. The first-order valence-corrected chi connectivity index (χ1v) is 9.42. The second-order valence-corrected chi connectivity index (χ2v) is 6.72. The van der Waals surface area contributed by atoms with Crippen LogP contribution in [0.3, 0.4) is 0 Å². The van der Waals surface area contributed by atoms with Crippen LogP contribution >= 0.6 is 0 Å². The number of carbonyl (C=O) groups is 2. The third kappa shape index (κ3) is 4.74. The number of amides is 1. The Labute approximate surface area is 169 Å². The molecule has 1 atom stereocenters. The Morgan fingerprint density at radius 3 is 2.45 bits per heavy atom. The van der Waals surface area contributed by atoms with E-state index in [1.165, 1.54) is 5.01 Å². The molecule has 1 aliphatic heterocycles. The number of hydrazone groups is 1. The van der Waals surface area contributed by atoms with E-state index in [-0.39, 0.29) is 31.2 Å². The van der Waals surface area contributed by atoms with Gasteiger partial charge in [0.25, 0.3) is 0 Å². The van der Waals surface area contributed by atoms with Crippen molar-refractivity contribution in [3.8, 4) is 11.5 Å². The molecule has 1 aliphatic rings. The number of para-hydroxylation sites is 1. The molecule has 0 saturated heterocycles. The van der Waals surface area contributed by atoms with Crippen LogP contribution in [0.5, 0.6) is 11.5 Å². The smallest absolute Gasteiger partial charge is 0.303 e. The van der Waals surface area contributed by atoms with Crippen LogP contribution in [-0.4, -0.2) is 41.9 Å². The van der Waals surface area contributed by atoms with Crippen molar-refractivity contribution in [3.05, 3.63) is 59.7 Å². The monoisotopic (exact) mass is 396 g/mol. The summed E-state index contributed by atoms with van der Waals surface area (Å²) in [6.45, 7) is 0. The minimum atomic E-state index is -0.914. The molecule has 1 amide bonds. The zero-order chi connectivity index (χ0) is 20.8. The molecule has 7 heteroatoms. The molecule has 0 saturated carbocycles. The van der Waals surface area contributed by atoms with Crippen LogP contribution in [0.1, 0.15) is 42.9 Å². The first-order chi connectivity index (χ1) is 14.0. The van der Waals surface area contributed by atoms with Gasteiger partial charge in [0.1, 0.15) is 11.5 Å². The maximum atomic E-state index is 12.9. The predicted molar refractivity (Wildman–Crippen MR) is 108 cm³/mol. The van der Waals surface area contributed by atoms with Crippen molar-refractivity contribution in [3.63, 3.8) is 0 Å². The number of rotatable bonds is 8. The summed E-state index contributed by atoms with van der Waals surface area (Å²) in [5, 5.41) is 14.9. The summed E-state index contributed by atoms with van der Waals surface area (Å²) in [5.41, 5.74) is 2.57. The SMILES string of the molecule is COc1ccc(C2=NN(C(=O)CCCC(=O)O)C(c3ccccc3OC)C2)cc1. The molecule has 0 radical (unpaired) electrons. The van der Waals surface area contributed by atoms with Gasteiger partial charge in [0.05, 0.1) is 26.0 Å². The number of benzene rings is 2. The summed E-state index contributed by atoms with van der Waals surface area (Å²) >= 11 is 0. The van der Waals surface area contributed by atoms with Gasteiger partial charge < -0.3 is 14.6 Å².